The summed E-state index contributed by atoms with van der Waals surface area (Å²) in [6.07, 6.45) is 0.396. The highest BCUT2D eigenvalue weighted by Crippen LogP contribution is 2.52. The first-order valence-corrected chi connectivity index (χ1v) is 10.6. The summed E-state index contributed by atoms with van der Waals surface area (Å²) >= 11 is 0. The van der Waals surface area contributed by atoms with Crippen LogP contribution >= 0.6 is 0 Å². The first-order valence-electron chi connectivity index (χ1n) is 10.6. The molecule has 4 unspecified atom stereocenters. The number of aromatic hydroxyl groups is 1. The van der Waals surface area contributed by atoms with Crippen LogP contribution in [0.4, 0.5) is 0 Å². The quantitative estimate of drug-likeness (QED) is 0.427. The molecule has 0 aromatic heterocycles. The van der Waals surface area contributed by atoms with Crippen LogP contribution < -0.4 is 5.73 Å². The second-order valence-corrected chi connectivity index (χ2v) is 8.53. The van der Waals surface area contributed by atoms with Gasteiger partial charge in [0.25, 0.3) is 5.91 Å². The maximum absolute atomic E-state index is 13.7. The number of benzene rings is 1. The molecule has 4 rings (SSSR count). The minimum Gasteiger partial charge on any atom is -0.508 e. The van der Waals surface area contributed by atoms with Crippen molar-refractivity contribution < 1.29 is 34.8 Å². The fraction of sp³-hybridized carbons (Fsp3) is 0.435. The molecule has 170 valence electrons. The van der Waals surface area contributed by atoms with E-state index in [2.05, 4.69) is 0 Å². The molecule has 1 fully saturated rings. The highest BCUT2D eigenvalue weighted by Gasteiger charge is 2.64. The number of carbonyl (C=O) groups excluding carboxylic acids is 3. The number of hydrogen-bond acceptors (Lipinski definition) is 8. The molecular formula is C23H26N2O7. The molecule has 0 heterocycles. The largest absolute Gasteiger partial charge is 0.508 e. The molecule has 4 atom stereocenters. The normalized spacial score (nSPS) is 29.7. The van der Waals surface area contributed by atoms with Crippen molar-refractivity contribution in [3.05, 3.63) is 46.2 Å². The molecule has 9 heteroatoms. The molecule has 3 aliphatic carbocycles. The molecule has 32 heavy (non-hydrogen) atoms. The molecule has 1 saturated carbocycles. The highest BCUT2D eigenvalue weighted by atomic mass is 16.3. The summed E-state index contributed by atoms with van der Waals surface area (Å²) in [5.74, 6) is -6.33. The number of carbonyl (C=O) groups is 3. The van der Waals surface area contributed by atoms with Crippen LogP contribution in [0, 0.1) is 11.8 Å². The maximum Gasteiger partial charge on any atom is 0.255 e. The Bertz CT molecular complexity index is 1100. The van der Waals surface area contributed by atoms with Gasteiger partial charge in [0.2, 0.25) is 5.78 Å². The summed E-state index contributed by atoms with van der Waals surface area (Å²) in [6.45, 7) is 4.41. The summed E-state index contributed by atoms with van der Waals surface area (Å²) < 4.78 is 0. The minimum atomic E-state index is -2.60. The van der Waals surface area contributed by atoms with E-state index < -0.39 is 58.0 Å². The van der Waals surface area contributed by atoms with E-state index in [9.17, 15) is 34.8 Å². The Morgan fingerprint density at radius 1 is 1.19 bits per heavy atom. The number of phenolic OH excluding ortho intramolecular Hbond substituents is 1. The third-order valence-corrected chi connectivity index (χ3v) is 7.11. The number of rotatable bonds is 4. The lowest BCUT2D eigenvalue weighted by atomic mass is 9.57. The van der Waals surface area contributed by atoms with Crippen LogP contribution in [0.25, 0.3) is 5.76 Å². The van der Waals surface area contributed by atoms with E-state index in [1.807, 2.05) is 0 Å². The van der Waals surface area contributed by atoms with Crippen LogP contribution in [0.15, 0.2) is 35.1 Å². The van der Waals surface area contributed by atoms with Gasteiger partial charge in [0.05, 0.1) is 11.6 Å². The number of Topliss-reactive ketones (excluding diaryl/α,β-unsaturated/α-hetero) is 2. The minimum absolute atomic E-state index is 0.0970. The van der Waals surface area contributed by atoms with Crippen LogP contribution in [0.2, 0.25) is 0 Å². The Morgan fingerprint density at radius 3 is 2.44 bits per heavy atom. The zero-order valence-corrected chi connectivity index (χ0v) is 17.8. The van der Waals surface area contributed by atoms with Crippen molar-refractivity contribution in [2.75, 3.05) is 13.1 Å². The second kappa shape index (κ2) is 7.46. The summed E-state index contributed by atoms with van der Waals surface area (Å²) in [4.78, 5) is 40.6. The number of nitrogens with two attached hydrogens (primary N) is 1. The first kappa shape index (κ1) is 22.0. The molecule has 3 aliphatic rings. The number of primary amides is 1. The molecule has 6 N–H and O–H groups in total. The van der Waals surface area contributed by atoms with Gasteiger partial charge in [-0.25, -0.2) is 0 Å². The number of fused-ring (bicyclic) bond motifs is 3. The van der Waals surface area contributed by atoms with E-state index in [0.29, 0.717) is 25.1 Å². The first-order chi connectivity index (χ1) is 15.1. The van der Waals surface area contributed by atoms with Crippen LogP contribution in [0.5, 0.6) is 5.75 Å². The number of likely N-dealkylation sites (N-methyl/N-ethyl adjacent to an activating group) is 1. The lowest BCUT2D eigenvalue weighted by Gasteiger charge is -2.51. The summed E-state index contributed by atoms with van der Waals surface area (Å²) in [6, 6.07) is 3.68. The van der Waals surface area contributed by atoms with Gasteiger partial charge in [0.1, 0.15) is 22.8 Å². The lowest BCUT2D eigenvalue weighted by molar-refractivity contribution is -0.154. The molecule has 0 radical (unpaired) electrons. The van der Waals surface area contributed by atoms with E-state index in [1.165, 1.54) is 6.07 Å². The number of phenols is 1. The van der Waals surface area contributed by atoms with Gasteiger partial charge in [-0.05, 0) is 43.5 Å². The predicted molar refractivity (Wildman–Crippen MR) is 113 cm³/mol. The van der Waals surface area contributed by atoms with E-state index in [4.69, 9.17) is 5.73 Å². The van der Waals surface area contributed by atoms with Gasteiger partial charge >= 0.3 is 0 Å². The fourth-order valence-electron chi connectivity index (χ4n) is 5.62. The lowest BCUT2D eigenvalue weighted by Crippen LogP contribution is -2.66. The number of amides is 1. The maximum atomic E-state index is 13.7. The zero-order chi connectivity index (χ0) is 23.5. The number of nitrogens with zero attached hydrogens (tertiary/aromatic N) is 1. The van der Waals surface area contributed by atoms with Gasteiger partial charge in [-0.1, -0.05) is 26.0 Å². The summed E-state index contributed by atoms with van der Waals surface area (Å²) in [7, 11) is 0. The third-order valence-electron chi connectivity index (χ3n) is 7.11. The van der Waals surface area contributed by atoms with Crippen molar-refractivity contribution in [3.8, 4) is 5.75 Å². The van der Waals surface area contributed by atoms with Crippen molar-refractivity contribution >= 4 is 23.2 Å². The number of aliphatic hydroxyl groups excluding tert-OH is 2. The van der Waals surface area contributed by atoms with E-state index in [1.54, 1.807) is 30.9 Å². The van der Waals surface area contributed by atoms with Crippen LogP contribution in [-0.2, 0) is 20.8 Å². The van der Waals surface area contributed by atoms with Crippen LogP contribution in [0.3, 0.4) is 0 Å². The second-order valence-electron chi connectivity index (χ2n) is 8.53. The van der Waals surface area contributed by atoms with Crippen molar-refractivity contribution in [3.63, 3.8) is 0 Å². The molecule has 0 saturated heterocycles. The van der Waals surface area contributed by atoms with Crippen molar-refractivity contribution in [2.45, 2.75) is 38.3 Å². The van der Waals surface area contributed by atoms with Gasteiger partial charge in [-0.3, -0.25) is 19.3 Å². The SMILES string of the molecule is CCN(CC)C1C(=O)C(C(N)=O)=C(O)C2(O)C(=O)C3=C(O)c4c(O)cccc4CC3CC12. The van der Waals surface area contributed by atoms with Crippen LogP contribution in [0.1, 0.15) is 31.4 Å². The van der Waals surface area contributed by atoms with E-state index in [0.717, 1.165) is 0 Å². The van der Waals surface area contributed by atoms with Gasteiger partial charge in [0, 0.05) is 11.5 Å². The topological polar surface area (TPSA) is 161 Å². The zero-order valence-electron chi connectivity index (χ0n) is 17.8. The van der Waals surface area contributed by atoms with Crippen molar-refractivity contribution in [2.24, 2.45) is 17.6 Å². The predicted octanol–water partition coefficient (Wildman–Crippen LogP) is 0.744. The summed E-state index contributed by atoms with van der Waals surface area (Å²) in [5, 5.41) is 43.6. The Balaban J connectivity index is 1.97. The van der Waals surface area contributed by atoms with Crippen molar-refractivity contribution in [1.29, 1.82) is 0 Å². The van der Waals surface area contributed by atoms with Gasteiger partial charge in [-0.2, -0.15) is 0 Å². The molecule has 1 aromatic rings. The number of aliphatic hydroxyl groups is 3. The Hall–Kier alpha value is -3.17. The third kappa shape index (κ3) is 2.74. The standard InChI is InChI=1S/C23H26N2O7/c1-3-25(4-2)17-12-9-11-8-10-6-5-7-13(26)14(10)18(27)15(11)20(29)23(12,32)21(30)16(19(17)28)22(24)31/h5-7,11-12,17,26-27,30,32H,3-4,8-9H2,1-2H3,(H2,24,31). The number of ketones is 2. The molecule has 1 amide bonds. The molecule has 1 aromatic carbocycles. The van der Waals surface area contributed by atoms with Crippen molar-refractivity contribution in [1.82, 2.24) is 4.90 Å². The molecule has 0 bridgehead atoms. The monoisotopic (exact) mass is 442 g/mol. The Morgan fingerprint density at radius 2 is 1.84 bits per heavy atom. The molecular weight excluding hydrogens is 416 g/mol. The number of hydrogen-bond donors (Lipinski definition) is 5. The van der Waals surface area contributed by atoms with Crippen LogP contribution in [-0.4, -0.2) is 67.5 Å². The highest BCUT2D eigenvalue weighted by molar-refractivity contribution is 6.24. The Labute approximate surface area is 184 Å². The smallest absolute Gasteiger partial charge is 0.255 e. The fourth-order valence-corrected chi connectivity index (χ4v) is 5.62. The average molecular weight is 442 g/mol. The molecule has 0 spiro atoms. The molecule has 9 nitrogen and oxygen atoms in total. The van der Waals surface area contributed by atoms with Gasteiger partial charge in [0.15, 0.2) is 11.4 Å². The summed E-state index contributed by atoms with van der Waals surface area (Å²) in [5.41, 5.74) is 2.54. The average Bonchev–Trinajstić information content (AvgIpc) is 2.73. The Kier molecular flexibility index (Phi) is 5.14. The van der Waals surface area contributed by atoms with Gasteiger partial charge < -0.3 is 26.2 Å². The van der Waals surface area contributed by atoms with E-state index >= 15 is 0 Å². The van der Waals surface area contributed by atoms with E-state index in [-0.39, 0.29) is 23.3 Å². The van der Waals surface area contributed by atoms with Gasteiger partial charge in [-0.15, -0.1) is 0 Å². The molecule has 0 aliphatic heterocycles.